The number of piperidine rings is 1. The van der Waals surface area contributed by atoms with Crippen molar-refractivity contribution in [3.05, 3.63) is 70.6 Å². The summed E-state index contributed by atoms with van der Waals surface area (Å²) in [7, 11) is 0. The molecule has 4 rings (SSSR count). The zero-order valence-corrected chi connectivity index (χ0v) is 17.4. The molecule has 1 N–H and O–H groups in total. The Morgan fingerprint density at radius 3 is 2.52 bits per heavy atom. The number of thiophene rings is 1. The Morgan fingerprint density at radius 2 is 1.86 bits per heavy atom. The molecule has 1 saturated heterocycles. The third-order valence-electron chi connectivity index (χ3n) is 5.46. The van der Waals surface area contributed by atoms with Gasteiger partial charge < -0.3 is 14.8 Å². The molecule has 150 valence electrons. The predicted molar refractivity (Wildman–Crippen MR) is 114 cm³/mol. The van der Waals surface area contributed by atoms with Crippen LogP contribution in [0.3, 0.4) is 0 Å². The first-order valence-electron chi connectivity index (χ1n) is 9.78. The van der Waals surface area contributed by atoms with Gasteiger partial charge in [0.15, 0.2) is 0 Å². The summed E-state index contributed by atoms with van der Waals surface area (Å²) >= 11 is 1.65. The van der Waals surface area contributed by atoms with Crippen molar-refractivity contribution in [3.63, 3.8) is 0 Å². The molecule has 2 amide bonds. The van der Waals surface area contributed by atoms with Crippen LogP contribution < -0.4 is 5.32 Å². The summed E-state index contributed by atoms with van der Waals surface area (Å²) in [5.41, 5.74) is 2.41. The molecular formula is C22H24N4O2S. The van der Waals surface area contributed by atoms with Crippen LogP contribution in [0.5, 0.6) is 0 Å². The van der Waals surface area contributed by atoms with E-state index in [1.54, 1.807) is 35.9 Å². The maximum absolute atomic E-state index is 13.3. The van der Waals surface area contributed by atoms with Gasteiger partial charge in [-0.3, -0.25) is 14.6 Å². The Bertz CT molecular complexity index is 1000. The standard InChI is InChI=1S/C22H24N4O2S/c1-15-16(2)29-22(26-10-3-4-11-26)19(15)21(28)25-12-7-18(8-13-25)24-20(27)17-6-5-9-23-14-17/h3-6,9-11,14,18H,7-8,12-13H2,1-2H3,(H,24,27). The number of hydrogen-bond acceptors (Lipinski definition) is 4. The molecule has 4 heterocycles. The Hall–Kier alpha value is -2.93. The van der Waals surface area contributed by atoms with Crippen molar-refractivity contribution in [2.75, 3.05) is 13.1 Å². The predicted octanol–water partition coefficient (Wildman–Crippen LogP) is 3.59. The number of pyridine rings is 1. The van der Waals surface area contributed by atoms with Gasteiger partial charge in [-0.15, -0.1) is 11.3 Å². The van der Waals surface area contributed by atoms with Crippen molar-refractivity contribution in [1.82, 2.24) is 19.8 Å². The number of amides is 2. The fourth-order valence-electron chi connectivity index (χ4n) is 3.66. The van der Waals surface area contributed by atoms with Gasteiger partial charge in [-0.2, -0.15) is 0 Å². The second kappa shape index (κ2) is 8.21. The first-order valence-corrected chi connectivity index (χ1v) is 10.6. The molecule has 3 aromatic heterocycles. The summed E-state index contributed by atoms with van der Waals surface area (Å²) < 4.78 is 2.01. The highest BCUT2D eigenvalue weighted by atomic mass is 32.1. The highest BCUT2D eigenvalue weighted by Crippen LogP contribution is 2.32. The van der Waals surface area contributed by atoms with Gasteiger partial charge in [0.25, 0.3) is 11.8 Å². The monoisotopic (exact) mass is 408 g/mol. The first kappa shape index (κ1) is 19.4. The number of carbonyl (C=O) groups is 2. The van der Waals surface area contributed by atoms with Crippen LogP contribution in [0.1, 0.15) is 44.0 Å². The average molecular weight is 409 g/mol. The molecule has 0 bridgehead atoms. The van der Waals surface area contributed by atoms with Crippen LogP contribution in [0.15, 0.2) is 49.1 Å². The van der Waals surface area contributed by atoms with Crippen molar-refractivity contribution < 1.29 is 9.59 Å². The van der Waals surface area contributed by atoms with Crippen molar-refractivity contribution in [1.29, 1.82) is 0 Å². The van der Waals surface area contributed by atoms with E-state index in [9.17, 15) is 9.59 Å². The van der Waals surface area contributed by atoms with Crippen LogP contribution in [-0.4, -0.2) is 45.4 Å². The maximum Gasteiger partial charge on any atom is 0.257 e. The molecule has 7 heteroatoms. The lowest BCUT2D eigenvalue weighted by Gasteiger charge is -2.32. The molecule has 1 fully saturated rings. The molecule has 6 nitrogen and oxygen atoms in total. The van der Waals surface area contributed by atoms with Crippen LogP contribution in [0.2, 0.25) is 0 Å². The Morgan fingerprint density at radius 1 is 1.14 bits per heavy atom. The Labute approximate surface area is 174 Å². The zero-order valence-electron chi connectivity index (χ0n) is 16.6. The number of carbonyl (C=O) groups excluding carboxylic acids is 2. The fourth-order valence-corrected chi connectivity index (χ4v) is 4.78. The van der Waals surface area contributed by atoms with Gasteiger partial charge in [-0.25, -0.2) is 0 Å². The van der Waals surface area contributed by atoms with Gasteiger partial charge in [0, 0.05) is 48.8 Å². The van der Waals surface area contributed by atoms with Crippen molar-refractivity contribution in [2.45, 2.75) is 32.7 Å². The van der Waals surface area contributed by atoms with Gasteiger partial charge in [0.1, 0.15) is 5.00 Å². The lowest BCUT2D eigenvalue weighted by atomic mass is 10.0. The molecule has 0 radical (unpaired) electrons. The Kier molecular flexibility index (Phi) is 5.49. The minimum atomic E-state index is -0.109. The van der Waals surface area contributed by atoms with Gasteiger partial charge >= 0.3 is 0 Å². The summed E-state index contributed by atoms with van der Waals surface area (Å²) in [6.07, 6.45) is 8.66. The summed E-state index contributed by atoms with van der Waals surface area (Å²) in [6.45, 7) is 5.35. The smallest absolute Gasteiger partial charge is 0.257 e. The van der Waals surface area contributed by atoms with Crippen molar-refractivity contribution in [3.8, 4) is 5.00 Å². The molecule has 0 spiro atoms. The fraction of sp³-hybridized carbons (Fsp3) is 0.318. The molecule has 0 aliphatic carbocycles. The number of rotatable bonds is 4. The van der Waals surface area contributed by atoms with Crippen LogP contribution >= 0.6 is 11.3 Å². The van der Waals surface area contributed by atoms with Gasteiger partial charge in [0.05, 0.1) is 11.1 Å². The van der Waals surface area contributed by atoms with E-state index in [-0.39, 0.29) is 17.9 Å². The van der Waals surface area contributed by atoms with E-state index in [4.69, 9.17) is 0 Å². The molecular weight excluding hydrogens is 384 g/mol. The summed E-state index contributed by atoms with van der Waals surface area (Å²) in [5, 5.41) is 4.04. The van der Waals surface area contributed by atoms with Crippen LogP contribution in [0.25, 0.3) is 5.00 Å². The molecule has 0 atom stereocenters. The van der Waals surface area contributed by atoms with Gasteiger partial charge in [0.2, 0.25) is 0 Å². The highest BCUT2D eigenvalue weighted by Gasteiger charge is 2.29. The van der Waals surface area contributed by atoms with Crippen LogP contribution in [-0.2, 0) is 0 Å². The zero-order chi connectivity index (χ0) is 20.4. The number of aromatic nitrogens is 2. The lowest BCUT2D eigenvalue weighted by Crippen LogP contribution is -2.46. The number of aryl methyl sites for hydroxylation is 1. The van der Waals surface area contributed by atoms with E-state index < -0.39 is 0 Å². The van der Waals surface area contributed by atoms with E-state index in [1.165, 1.54) is 0 Å². The minimum Gasteiger partial charge on any atom is -0.349 e. The maximum atomic E-state index is 13.3. The SMILES string of the molecule is Cc1sc(-n2cccc2)c(C(=O)N2CCC(NC(=O)c3cccnc3)CC2)c1C. The summed E-state index contributed by atoms with van der Waals surface area (Å²) in [4.78, 5) is 32.7. The van der Waals surface area contributed by atoms with Gasteiger partial charge in [-0.05, 0) is 56.5 Å². The second-order valence-electron chi connectivity index (χ2n) is 7.34. The molecule has 0 unspecified atom stereocenters. The number of nitrogens with one attached hydrogen (secondary N) is 1. The number of nitrogens with zero attached hydrogens (tertiary/aromatic N) is 3. The van der Waals surface area contributed by atoms with E-state index in [1.807, 2.05) is 40.9 Å². The molecule has 1 aliphatic rings. The van der Waals surface area contributed by atoms with Crippen molar-refractivity contribution >= 4 is 23.2 Å². The molecule has 1 aliphatic heterocycles. The highest BCUT2D eigenvalue weighted by molar-refractivity contribution is 7.15. The molecule has 3 aromatic rings. The van der Waals surface area contributed by atoms with Crippen LogP contribution in [0, 0.1) is 13.8 Å². The molecule has 0 aromatic carbocycles. The third kappa shape index (κ3) is 3.96. The van der Waals surface area contributed by atoms with E-state index >= 15 is 0 Å². The van der Waals surface area contributed by atoms with E-state index in [0.29, 0.717) is 18.7 Å². The van der Waals surface area contributed by atoms with E-state index in [0.717, 1.165) is 33.8 Å². The number of hydrogen-bond donors (Lipinski definition) is 1. The normalized spacial score (nSPS) is 14.8. The minimum absolute atomic E-state index is 0.0704. The molecule has 29 heavy (non-hydrogen) atoms. The lowest BCUT2D eigenvalue weighted by molar-refractivity contribution is 0.0698. The van der Waals surface area contributed by atoms with E-state index in [2.05, 4.69) is 17.2 Å². The first-order chi connectivity index (χ1) is 14.0. The third-order valence-corrected chi connectivity index (χ3v) is 6.68. The topological polar surface area (TPSA) is 67.2 Å². The summed E-state index contributed by atoms with van der Waals surface area (Å²) in [6, 6.07) is 7.51. The molecule has 0 saturated carbocycles. The quantitative estimate of drug-likeness (QED) is 0.717. The van der Waals surface area contributed by atoms with Gasteiger partial charge in [-0.1, -0.05) is 0 Å². The average Bonchev–Trinajstić information content (AvgIpc) is 3.37. The van der Waals surface area contributed by atoms with Crippen molar-refractivity contribution in [2.24, 2.45) is 0 Å². The Balaban J connectivity index is 1.43. The number of likely N-dealkylation sites (tertiary alicyclic amines) is 1. The largest absolute Gasteiger partial charge is 0.349 e. The van der Waals surface area contributed by atoms with Crippen LogP contribution in [0.4, 0.5) is 0 Å². The summed E-state index contributed by atoms with van der Waals surface area (Å²) in [5.74, 6) is -0.0327. The second-order valence-corrected chi connectivity index (χ2v) is 8.54.